The SMILES string of the molecule is COc1cc(Nc2nc3ccccc3nc2NS(=O)(=O)c2cccc(NC(=O)CN3CCC(=O)CC3)c2)cc(OC)c1. The number of sulfonamides is 1. The molecule has 4 aromatic rings. The molecule has 0 unspecified atom stereocenters. The van der Waals surface area contributed by atoms with Crippen molar-refractivity contribution in [3.05, 3.63) is 66.7 Å². The van der Waals surface area contributed by atoms with Crippen molar-refractivity contribution < 1.29 is 27.5 Å². The Morgan fingerprint density at radius 2 is 1.50 bits per heavy atom. The Balaban J connectivity index is 1.40. The van der Waals surface area contributed by atoms with Gasteiger partial charge in [0, 0.05) is 55.5 Å². The molecule has 1 aliphatic rings. The van der Waals surface area contributed by atoms with Crippen LogP contribution in [-0.2, 0) is 19.6 Å². The molecule has 0 atom stereocenters. The van der Waals surface area contributed by atoms with E-state index in [-0.39, 0.29) is 34.8 Å². The third kappa shape index (κ3) is 6.93. The number of hydrogen-bond donors (Lipinski definition) is 3. The molecule has 0 aliphatic carbocycles. The summed E-state index contributed by atoms with van der Waals surface area (Å²) in [6.45, 7) is 1.16. The van der Waals surface area contributed by atoms with Crippen LogP contribution in [0.1, 0.15) is 12.8 Å². The number of likely N-dealkylation sites (tertiary alicyclic amines) is 1. The first-order valence-electron chi connectivity index (χ1n) is 13.2. The predicted octanol–water partition coefficient (Wildman–Crippen LogP) is 3.79. The number of para-hydroxylation sites is 2. The van der Waals surface area contributed by atoms with E-state index in [0.29, 0.717) is 59.8 Å². The maximum atomic E-state index is 13.5. The van der Waals surface area contributed by atoms with Crippen LogP contribution in [-0.4, -0.2) is 68.8 Å². The minimum atomic E-state index is -4.16. The lowest BCUT2D eigenvalue weighted by atomic mass is 10.1. The molecule has 12 nitrogen and oxygen atoms in total. The van der Waals surface area contributed by atoms with E-state index in [1.54, 1.807) is 42.5 Å². The number of ether oxygens (including phenoxy) is 2. The summed E-state index contributed by atoms with van der Waals surface area (Å²) in [5.74, 6) is 1.09. The van der Waals surface area contributed by atoms with Gasteiger partial charge in [0.2, 0.25) is 5.91 Å². The summed E-state index contributed by atoms with van der Waals surface area (Å²) in [4.78, 5) is 35.0. The van der Waals surface area contributed by atoms with Crippen LogP contribution in [0.25, 0.3) is 11.0 Å². The van der Waals surface area contributed by atoms with Gasteiger partial charge in [-0.1, -0.05) is 18.2 Å². The van der Waals surface area contributed by atoms with E-state index in [2.05, 4.69) is 25.3 Å². The number of nitrogens with zero attached hydrogens (tertiary/aromatic N) is 3. The van der Waals surface area contributed by atoms with E-state index < -0.39 is 10.0 Å². The van der Waals surface area contributed by atoms with Crippen LogP contribution in [0.2, 0.25) is 0 Å². The molecule has 2 heterocycles. The topological polar surface area (TPSA) is 152 Å². The van der Waals surface area contributed by atoms with Crippen molar-refractivity contribution in [2.24, 2.45) is 0 Å². The second-order valence-electron chi connectivity index (χ2n) is 9.63. The van der Waals surface area contributed by atoms with E-state index in [1.165, 1.54) is 32.4 Å². The Morgan fingerprint density at radius 3 is 2.14 bits per heavy atom. The fraction of sp³-hybridized carbons (Fsp3) is 0.241. The number of piperidine rings is 1. The quantitative estimate of drug-likeness (QED) is 0.249. The second kappa shape index (κ2) is 12.4. The highest BCUT2D eigenvalue weighted by Gasteiger charge is 2.21. The zero-order valence-corrected chi connectivity index (χ0v) is 23.9. The third-order valence-corrected chi connectivity index (χ3v) is 7.96. The molecule has 5 rings (SSSR count). The van der Waals surface area contributed by atoms with Crippen LogP contribution in [0.5, 0.6) is 11.5 Å². The van der Waals surface area contributed by atoms with E-state index in [4.69, 9.17) is 9.47 Å². The van der Waals surface area contributed by atoms with E-state index >= 15 is 0 Å². The molecule has 0 bridgehead atoms. The number of methoxy groups -OCH3 is 2. The highest BCUT2D eigenvalue weighted by molar-refractivity contribution is 7.92. The van der Waals surface area contributed by atoms with Gasteiger partial charge in [0.25, 0.3) is 10.0 Å². The number of carbonyl (C=O) groups excluding carboxylic acids is 2. The third-order valence-electron chi connectivity index (χ3n) is 6.62. The van der Waals surface area contributed by atoms with E-state index in [9.17, 15) is 18.0 Å². The Morgan fingerprint density at radius 1 is 0.857 bits per heavy atom. The minimum absolute atomic E-state index is 0.0235. The Hall–Kier alpha value is -4.75. The first-order chi connectivity index (χ1) is 20.2. The average molecular weight is 591 g/mol. The van der Waals surface area contributed by atoms with Crippen LogP contribution < -0.4 is 24.8 Å². The largest absolute Gasteiger partial charge is 0.497 e. The standard InChI is InChI=1S/C29H30N6O6S/c1-40-22-14-20(15-23(17-22)41-2)31-28-29(33-26-9-4-3-8-25(26)32-28)34-42(38,39)24-7-5-6-19(16-24)30-27(37)18-35-12-10-21(36)11-13-35/h3-9,14-17H,10-13,18H2,1-2H3,(H,30,37)(H,31,32)(H,33,34). The van der Waals surface area contributed by atoms with Crippen LogP contribution in [0.4, 0.5) is 23.0 Å². The van der Waals surface area contributed by atoms with Crippen molar-refractivity contribution >= 4 is 55.8 Å². The van der Waals surface area contributed by atoms with Crippen molar-refractivity contribution in [1.82, 2.24) is 14.9 Å². The zero-order valence-electron chi connectivity index (χ0n) is 23.1. The lowest BCUT2D eigenvalue weighted by Gasteiger charge is -2.24. The molecule has 0 saturated carbocycles. The average Bonchev–Trinajstić information content (AvgIpc) is 2.98. The van der Waals surface area contributed by atoms with Crippen molar-refractivity contribution in [2.75, 3.05) is 49.2 Å². The fourth-order valence-electron chi connectivity index (χ4n) is 4.47. The maximum Gasteiger partial charge on any atom is 0.263 e. The number of ketones is 1. The van der Waals surface area contributed by atoms with Crippen molar-refractivity contribution in [1.29, 1.82) is 0 Å². The lowest BCUT2D eigenvalue weighted by molar-refractivity contribution is -0.124. The monoisotopic (exact) mass is 590 g/mol. The second-order valence-corrected chi connectivity index (χ2v) is 11.3. The van der Waals surface area contributed by atoms with Gasteiger partial charge in [-0.15, -0.1) is 0 Å². The lowest BCUT2D eigenvalue weighted by Crippen LogP contribution is -2.39. The number of carbonyl (C=O) groups is 2. The summed E-state index contributed by atoms with van der Waals surface area (Å²) in [6, 6.07) is 18.2. The summed E-state index contributed by atoms with van der Waals surface area (Å²) in [6.07, 6.45) is 0.846. The minimum Gasteiger partial charge on any atom is -0.497 e. The molecular formula is C29H30N6O6S. The summed E-state index contributed by atoms with van der Waals surface area (Å²) >= 11 is 0. The van der Waals surface area contributed by atoms with Crippen LogP contribution in [0.15, 0.2) is 71.6 Å². The smallest absolute Gasteiger partial charge is 0.263 e. The molecule has 1 aliphatic heterocycles. The Kier molecular flexibility index (Phi) is 8.50. The van der Waals surface area contributed by atoms with Gasteiger partial charge in [-0.2, -0.15) is 0 Å². The number of hydrogen-bond acceptors (Lipinski definition) is 10. The molecule has 0 spiro atoms. The molecule has 1 amide bonds. The van der Waals surface area contributed by atoms with Crippen molar-refractivity contribution in [3.8, 4) is 11.5 Å². The molecular weight excluding hydrogens is 560 g/mol. The number of rotatable bonds is 10. The summed E-state index contributed by atoms with van der Waals surface area (Å²) < 4.78 is 40.3. The van der Waals surface area contributed by atoms with E-state index in [0.717, 1.165) is 0 Å². The molecule has 3 aromatic carbocycles. The molecule has 218 valence electrons. The van der Waals surface area contributed by atoms with Crippen LogP contribution in [0, 0.1) is 0 Å². The van der Waals surface area contributed by atoms with Crippen molar-refractivity contribution in [3.63, 3.8) is 0 Å². The molecule has 13 heteroatoms. The molecule has 1 saturated heterocycles. The van der Waals surface area contributed by atoms with Gasteiger partial charge in [0.05, 0.1) is 36.7 Å². The molecule has 1 aromatic heterocycles. The number of aromatic nitrogens is 2. The highest BCUT2D eigenvalue weighted by Crippen LogP contribution is 2.31. The summed E-state index contributed by atoms with van der Waals surface area (Å²) in [7, 11) is -1.10. The molecule has 3 N–H and O–H groups in total. The molecule has 1 fully saturated rings. The van der Waals surface area contributed by atoms with Gasteiger partial charge < -0.3 is 20.1 Å². The number of amides is 1. The normalized spacial score (nSPS) is 13.9. The first kappa shape index (κ1) is 28.8. The Labute approximate surface area is 243 Å². The number of benzene rings is 3. The number of fused-ring (bicyclic) bond motifs is 1. The van der Waals surface area contributed by atoms with E-state index in [1.807, 2.05) is 11.0 Å². The first-order valence-corrected chi connectivity index (χ1v) is 14.6. The highest BCUT2D eigenvalue weighted by atomic mass is 32.2. The summed E-state index contributed by atoms with van der Waals surface area (Å²) in [5, 5.41) is 5.87. The van der Waals surface area contributed by atoms with Gasteiger partial charge in [0.1, 0.15) is 17.3 Å². The number of Topliss-reactive ketones (excluding diaryl/α,β-unsaturated/α-hetero) is 1. The van der Waals surface area contributed by atoms with Gasteiger partial charge in [-0.25, -0.2) is 18.4 Å². The molecule has 42 heavy (non-hydrogen) atoms. The number of anilines is 4. The summed E-state index contributed by atoms with van der Waals surface area (Å²) in [5.41, 5.74) is 1.91. The fourth-order valence-corrected chi connectivity index (χ4v) is 5.52. The zero-order chi connectivity index (χ0) is 29.7. The van der Waals surface area contributed by atoms with Crippen LogP contribution >= 0.6 is 0 Å². The molecule has 0 radical (unpaired) electrons. The number of nitrogens with one attached hydrogen (secondary N) is 3. The van der Waals surface area contributed by atoms with Gasteiger partial charge in [0.15, 0.2) is 11.6 Å². The van der Waals surface area contributed by atoms with Gasteiger partial charge in [-0.3, -0.25) is 19.2 Å². The maximum absolute atomic E-state index is 13.5. The Bertz CT molecular complexity index is 1710. The van der Waals surface area contributed by atoms with Gasteiger partial charge >= 0.3 is 0 Å². The van der Waals surface area contributed by atoms with Crippen LogP contribution in [0.3, 0.4) is 0 Å². The van der Waals surface area contributed by atoms with Gasteiger partial charge in [-0.05, 0) is 30.3 Å². The van der Waals surface area contributed by atoms with Crippen molar-refractivity contribution in [2.45, 2.75) is 17.7 Å². The predicted molar refractivity (Wildman–Crippen MR) is 159 cm³/mol.